The third kappa shape index (κ3) is 5.34. The fraction of sp³-hybridized carbons (Fsp3) is 0.457. The van der Waals surface area contributed by atoms with Crippen LogP contribution in [0.1, 0.15) is 41.6 Å². The van der Waals surface area contributed by atoms with E-state index in [1.165, 1.54) is 37.2 Å². The number of primary amides is 1. The maximum Gasteiger partial charge on any atom is 0.450 e. The maximum absolute atomic E-state index is 14.0. The monoisotopic (exact) mass is 697 g/mol. The molecule has 4 aliphatic carbocycles. The summed E-state index contributed by atoms with van der Waals surface area (Å²) >= 11 is 0. The molecule has 5 N–H and O–H groups in total. The molecule has 0 aromatic heterocycles. The van der Waals surface area contributed by atoms with Gasteiger partial charge in [-0.25, -0.2) is 0 Å². The van der Waals surface area contributed by atoms with Gasteiger partial charge in [-0.05, 0) is 80.6 Å². The first-order valence-corrected chi connectivity index (χ1v) is 16.1. The molecule has 15 heteroatoms. The molecule has 8 unspecified atom stereocenters. The molecule has 264 valence electrons. The highest BCUT2D eigenvalue weighted by Gasteiger charge is 2.69. The fourth-order valence-corrected chi connectivity index (χ4v) is 8.64. The second kappa shape index (κ2) is 12.2. The lowest BCUT2D eigenvalue weighted by Crippen LogP contribution is -2.74. The Kier molecular flexibility index (Phi) is 8.58. The van der Waals surface area contributed by atoms with Gasteiger partial charge in [0, 0.05) is 23.4 Å². The van der Waals surface area contributed by atoms with Gasteiger partial charge in [0.2, 0.25) is 17.6 Å². The lowest BCUT2D eigenvalue weighted by Gasteiger charge is -2.52. The van der Waals surface area contributed by atoms with E-state index in [4.69, 9.17) is 5.73 Å². The minimum Gasteiger partial charge on any atom is -0.507 e. The smallest absolute Gasteiger partial charge is 0.450 e. The van der Waals surface area contributed by atoms with Gasteiger partial charge in [0.15, 0.2) is 34.7 Å². The number of hydrogen-bond donors (Lipinski definition) is 4. The Morgan fingerprint density at radius 2 is 1.60 bits per heavy atom. The number of nitrogens with two attached hydrogens (primary N) is 1. The quantitative estimate of drug-likeness (QED) is 0.324. The van der Waals surface area contributed by atoms with E-state index in [0.29, 0.717) is 23.1 Å². The summed E-state index contributed by atoms with van der Waals surface area (Å²) in [7, 11) is 2.98. The van der Waals surface area contributed by atoms with Crippen molar-refractivity contribution in [3.05, 3.63) is 47.5 Å². The van der Waals surface area contributed by atoms with Crippen molar-refractivity contribution in [2.75, 3.05) is 19.4 Å². The van der Waals surface area contributed by atoms with Crippen molar-refractivity contribution < 1.29 is 56.9 Å². The number of likely N-dealkylation sites (N-methyl/N-ethyl adjacent to an activating group) is 1. The largest absolute Gasteiger partial charge is 0.507 e. The number of nitrogens with one attached hydrogen (secondary N) is 1. The van der Waals surface area contributed by atoms with Crippen LogP contribution in [0.2, 0.25) is 0 Å². The summed E-state index contributed by atoms with van der Waals surface area (Å²) in [6.07, 6.45) is -4.73. The van der Waals surface area contributed by atoms with Crippen LogP contribution in [0.25, 0.3) is 11.1 Å². The molecule has 50 heavy (non-hydrogen) atoms. The molecule has 0 radical (unpaired) electrons. The van der Waals surface area contributed by atoms with Gasteiger partial charge in [-0.2, -0.15) is 13.2 Å². The van der Waals surface area contributed by atoms with Crippen molar-refractivity contribution >= 4 is 46.4 Å². The standard InChI is InChI=1S/C35H34F3N3O9/c1-41(2)26-21-13-15-12-20-17(14-6-8-16(9-7-14)40-33(49)19-5-3-4-18(19)29(45)35(36,37)38)10-11-22(42)24(20)27(43)23(15)30(46)34(21,50)31(47)25(28(26)44)32(39)48/h6-11,15,18-19,21,23,25-26,42,50H,3-5,12-13H2,1-2H3,(H2,39,48)(H,40,49). The predicted molar refractivity (Wildman–Crippen MR) is 167 cm³/mol. The number of benzene rings is 2. The van der Waals surface area contributed by atoms with Crippen molar-refractivity contribution in [2.24, 2.45) is 41.2 Å². The van der Waals surface area contributed by atoms with Crippen LogP contribution in [0.3, 0.4) is 0 Å². The maximum atomic E-state index is 14.0. The Labute approximate surface area is 283 Å². The van der Waals surface area contributed by atoms with E-state index in [9.17, 15) is 56.9 Å². The number of phenolic OH excluding ortho intramolecular Hbond substituents is 1. The van der Waals surface area contributed by atoms with Gasteiger partial charge in [-0.15, -0.1) is 0 Å². The Hall–Kier alpha value is -4.76. The average molecular weight is 698 g/mol. The summed E-state index contributed by atoms with van der Waals surface area (Å²) in [5.74, 6) is -16.9. The third-order valence-electron chi connectivity index (χ3n) is 10.9. The number of carbonyl (C=O) groups excluding carboxylic acids is 7. The number of phenols is 1. The van der Waals surface area contributed by atoms with Gasteiger partial charge >= 0.3 is 6.18 Å². The van der Waals surface area contributed by atoms with Crippen LogP contribution in [0, 0.1) is 35.5 Å². The zero-order valence-corrected chi connectivity index (χ0v) is 27.0. The molecule has 2 aromatic rings. The Morgan fingerprint density at radius 1 is 0.960 bits per heavy atom. The van der Waals surface area contributed by atoms with Crippen LogP contribution in [-0.2, 0) is 35.2 Å². The summed E-state index contributed by atoms with van der Waals surface area (Å²) in [6, 6.07) is 7.72. The van der Waals surface area contributed by atoms with E-state index in [1.54, 1.807) is 18.2 Å². The normalized spacial score (nSPS) is 30.8. The highest BCUT2D eigenvalue weighted by Crippen LogP contribution is 2.52. The molecular weight excluding hydrogens is 663 g/mol. The van der Waals surface area contributed by atoms with Crippen LogP contribution in [0.15, 0.2) is 36.4 Å². The number of Topliss-reactive ketones (excluding diaryl/α,β-unsaturated/α-hetero) is 5. The van der Waals surface area contributed by atoms with Crippen molar-refractivity contribution in [1.82, 2.24) is 4.90 Å². The van der Waals surface area contributed by atoms with Crippen LogP contribution in [0.5, 0.6) is 5.75 Å². The van der Waals surface area contributed by atoms with Gasteiger partial charge in [-0.3, -0.25) is 38.5 Å². The molecule has 12 nitrogen and oxygen atoms in total. The number of anilines is 1. The fourth-order valence-electron chi connectivity index (χ4n) is 8.64. The summed E-state index contributed by atoms with van der Waals surface area (Å²) < 4.78 is 39.2. The molecule has 0 bridgehead atoms. The van der Waals surface area contributed by atoms with Crippen LogP contribution in [0.4, 0.5) is 18.9 Å². The second-order valence-corrected chi connectivity index (χ2v) is 13.8. The van der Waals surface area contributed by atoms with Gasteiger partial charge < -0.3 is 21.3 Å². The molecule has 0 saturated heterocycles. The molecule has 4 aliphatic rings. The summed E-state index contributed by atoms with van der Waals surface area (Å²) in [5, 5.41) is 25.1. The van der Waals surface area contributed by atoms with Crippen LogP contribution >= 0.6 is 0 Å². The van der Waals surface area contributed by atoms with Gasteiger partial charge in [0.25, 0.3) is 0 Å². The van der Waals surface area contributed by atoms with Crippen LogP contribution in [-0.4, -0.2) is 87.8 Å². The number of fused-ring (bicyclic) bond motifs is 3. The lowest BCUT2D eigenvalue weighted by atomic mass is 9.52. The summed E-state index contributed by atoms with van der Waals surface area (Å²) in [4.78, 5) is 93.1. The molecule has 3 fully saturated rings. The second-order valence-electron chi connectivity index (χ2n) is 13.8. The van der Waals surface area contributed by atoms with E-state index in [2.05, 4.69) is 5.32 Å². The molecule has 6 rings (SSSR count). The molecule has 8 atom stereocenters. The number of hydrogen-bond acceptors (Lipinski definition) is 10. The molecule has 2 amide bonds. The molecule has 0 heterocycles. The molecule has 0 aliphatic heterocycles. The van der Waals surface area contributed by atoms with Gasteiger partial charge in [-0.1, -0.05) is 24.6 Å². The number of amides is 2. The van der Waals surface area contributed by atoms with Gasteiger partial charge in [0.05, 0.1) is 17.5 Å². The summed E-state index contributed by atoms with van der Waals surface area (Å²) in [5.41, 5.74) is 3.95. The van der Waals surface area contributed by atoms with Crippen molar-refractivity contribution in [1.29, 1.82) is 0 Å². The topological polar surface area (TPSA) is 201 Å². The molecular formula is C35H34F3N3O9. The zero-order chi connectivity index (χ0) is 36.6. The third-order valence-corrected chi connectivity index (χ3v) is 10.9. The first-order valence-electron chi connectivity index (χ1n) is 16.1. The number of halogens is 3. The van der Waals surface area contributed by atoms with E-state index in [-0.39, 0.29) is 36.9 Å². The van der Waals surface area contributed by atoms with E-state index < -0.39 is 99.8 Å². The Morgan fingerprint density at radius 3 is 2.20 bits per heavy atom. The number of rotatable bonds is 6. The number of carbonyl (C=O) groups is 7. The molecule has 3 saturated carbocycles. The minimum atomic E-state index is -5.04. The SMILES string of the molecule is CN(C)C1C(=O)C(C(N)=O)C(=O)C2(O)C(=O)C3C(=O)c4c(O)ccc(-c5ccc(NC(=O)C6CCCC6C(=O)C(F)(F)F)cc5)c4CC3CC12. The van der Waals surface area contributed by atoms with Gasteiger partial charge in [0.1, 0.15) is 5.75 Å². The zero-order valence-electron chi connectivity index (χ0n) is 27.0. The number of alkyl halides is 3. The number of aromatic hydroxyl groups is 1. The lowest BCUT2D eigenvalue weighted by molar-refractivity contribution is -0.181. The number of aliphatic hydroxyl groups is 1. The average Bonchev–Trinajstić information content (AvgIpc) is 3.52. The van der Waals surface area contributed by atoms with E-state index >= 15 is 0 Å². The van der Waals surface area contributed by atoms with E-state index in [1.807, 2.05) is 0 Å². The predicted octanol–water partition coefficient (Wildman–Crippen LogP) is 2.02. The van der Waals surface area contributed by atoms with Crippen LogP contribution < -0.4 is 11.1 Å². The first-order chi connectivity index (χ1) is 23.4. The Bertz CT molecular complexity index is 1860. The van der Waals surface area contributed by atoms with Crippen molar-refractivity contribution in [3.63, 3.8) is 0 Å². The van der Waals surface area contributed by atoms with Crippen molar-refractivity contribution in [3.8, 4) is 16.9 Å². The highest BCUT2D eigenvalue weighted by molar-refractivity contribution is 6.32. The Balaban J connectivity index is 1.30. The first kappa shape index (κ1) is 35.1. The highest BCUT2D eigenvalue weighted by atomic mass is 19.4. The number of ketones is 5. The minimum absolute atomic E-state index is 0.0321. The number of nitrogens with zero attached hydrogens (tertiary/aromatic N) is 1. The summed E-state index contributed by atoms with van der Waals surface area (Å²) in [6.45, 7) is 0. The van der Waals surface area contributed by atoms with E-state index in [0.717, 1.165) is 0 Å². The molecule has 2 aromatic carbocycles. The van der Waals surface area contributed by atoms with Crippen molar-refractivity contribution in [2.45, 2.75) is 49.9 Å². The molecule has 0 spiro atoms.